The highest BCUT2D eigenvalue weighted by Gasteiger charge is 2.19. The number of benzene rings is 1. The molecule has 134 valence electrons. The fourth-order valence-corrected chi connectivity index (χ4v) is 3.77. The zero-order valence-corrected chi connectivity index (χ0v) is 16.3. The Hall–Kier alpha value is -0.910. The van der Waals surface area contributed by atoms with Crippen molar-refractivity contribution in [2.24, 2.45) is 4.99 Å². The van der Waals surface area contributed by atoms with Crippen molar-refractivity contribution in [3.05, 3.63) is 29.3 Å². The van der Waals surface area contributed by atoms with Crippen molar-refractivity contribution < 1.29 is 0 Å². The first-order chi connectivity index (χ1) is 11.7. The smallest absolute Gasteiger partial charge is 0.191 e. The minimum absolute atomic E-state index is 0.535. The predicted molar refractivity (Wildman–Crippen MR) is 106 cm³/mol. The Balaban J connectivity index is 1.63. The van der Waals surface area contributed by atoms with Gasteiger partial charge >= 0.3 is 0 Å². The third kappa shape index (κ3) is 6.91. The molecule has 2 rings (SSSR count). The third-order valence-electron chi connectivity index (χ3n) is 4.17. The van der Waals surface area contributed by atoms with Crippen LogP contribution in [0.1, 0.15) is 26.2 Å². The van der Waals surface area contributed by atoms with Crippen LogP contribution in [-0.2, 0) is 0 Å². The van der Waals surface area contributed by atoms with E-state index in [1.165, 1.54) is 43.8 Å². The largest absolute Gasteiger partial charge is 0.356 e. The van der Waals surface area contributed by atoms with Gasteiger partial charge < -0.3 is 15.5 Å². The maximum absolute atomic E-state index is 5.90. The van der Waals surface area contributed by atoms with Gasteiger partial charge in [0.25, 0.3) is 0 Å². The first kappa shape index (κ1) is 19.4. The van der Waals surface area contributed by atoms with Crippen molar-refractivity contribution in [1.29, 1.82) is 0 Å². The van der Waals surface area contributed by atoms with Gasteiger partial charge in [-0.05, 0) is 50.1 Å². The molecule has 0 atom stereocenters. The number of nitrogens with zero attached hydrogens (tertiary/aromatic N) is 2. The van der Waals surface area contributed by atoms with Crippen LogP contribution < -0.4 is 10.6 Å². The van der Waals surface area contributed by atoms with Gasteiger partial charge in [0, 0.05) is 48.4 Å². The van der Waals surface area contributed by atoms with Gasteiger partial charge in [0.2, 0.25) is 0 Å². The number of hydrogen-bond donors (Lipinski definition) is 2. The Morgan fingerprint density at radius 1 is 1.29 bits per heavy atom. The van der Waals surface area contributed by atoms with Crippen LogP contribution in [0.2, 0.25) is 5.02 Å². The Kier molecular flexibility index (Phi) is 8.78. The number of hydrogen-bond acceptors (Lipinski definition) is 3. The van der Waals surface area contributed by atoms with Crippen LogP contribution in [0.25, 0.3) is 0 Å². The Morgan fingerprint density at radius 2 is 2.00 bits per heavy atom. The Bertz CT molecular complexity index is 498. The van der Waals surface area contributed by atoms with Crippen LogP contribution in [0.5, 0.6) is 0 Å². The molecule has 1 aromatic rings. The second kappa shape index (κ2) is 10.9. The van der Waals surface area contributed by atoms with Crippen molar-refractivity contribution in [2.45, 2.75) is 37.1 Å². The topological polar surface area (TPSA) is 39.7 Å². The second-order valence-electron chi connectivity index (χ2n) is 6.06. The lowest BCUT2D eigenvalue weighted by Gasteiger charge is -2.32. The molecule has 0 radical (unpaired) electrons. The molecule has 0 amide bonds. The summed E-state index contributed by atoms with van der Waals surface area (Å²) in [5, 5.41) is 7.76. The van der Waals surface area contributed by atoms with Gasteiger partial charge in [-0.25, -0.2) is 0 Å². The van der Waals surface area contributed by atoms with Crippen molar-refractivity contribution >= 4 is 29.3 Å². The first-order valence-electron chi connectivity index (χ1n) is 8.79. The summed E-state index contributed by atoms with van der Waals surface area (Å²) in [5.74, 6) is 1.91. The molecule has 0 aliphatic carbocycles. The maximum Gasteiger partial charge on any atom is 0.191 e. The van der Waals surface area contributed by atoms with Crippen molar-refractivity contribution in [3.8, 4) is 0 Å². The van der Waals surface area contributed by atoms with E-state index in [4.69, 9.17) is 11.6 Å². The number of nitrogens with one attached hydrogen (secondary N) is 2. The van der Waals surface area contributed by atoms with Crippen LogP contribution in [-0.4, -0.2) is 55.9 Å². The van der Waals surface area contributed by atoms with E-state index >= 15 is 0 Å². The number of guanidine groups is 1. The van der Waals surface area contributed by atoms with E-state index in [1.54, 1.807) is 0 Å². The highest BCUT2D eigenvalue weighted by atomic mass is 35.5. The highest BCUT2D eigenvalue weighted by Crippen LogP contribution is 2.19. The van der Waals surface area contributed by atoms with E-state index in [0.717, 1.165) is 23.3 Å². The molecule has 1 heterocycles. The lowest BCUT2D eigenvalue weighted by Crippen LogP contribution is -2.49. The van der Waals surface area contributed by atoms with Crippen molar-refractivity contribution in [3.63, 3.8) is 0 Å². The average Bonchev–Trinajstić information content (AvgIpc) is 2.61. The van der Waals surface area contributed by atoms with Gasteiger partial charge in [0.1, 0.15) is 0 Å². The quantitative estimate of drug-likeness (QED) is 0.334. The fraction of sp³-hybridized carbons (Fsp3) is 0.611. The molecule has 1 aromatic carbocycles. The molecule has 0 spiro atoms. The van der Waals surface area contributed by atoms with Crippen LogP contribution in [0.15, 0.2) is 34.2 Å². The molecule has 1 aliphatic heterocycles. The number of likely N-dealkylation sites (tertiary alicyclic amines) is 1. The zero-order chi connectivity index (χ0) is 17.2. The Labute approximate surface area is 155 Å². The Morgan fingerprint density at radius 3 is 2.62 bits per heavy atom. The summed E-state index contributed by atoms with van der Waals surface area (Å²) in [4.78, 5) is 8.14. The lowest BCUT2D eigenvalue weighted by atomic mass is 10.1. The minimum Gasteiger partial charge on any atom is -0.356 e. The lowest BCUT2D eigenvalue weighted by molar-refractivity contribution is 0.206. The number of thioether (sulfide) groups is 1. The molecule has 0 unspecified atom stereocenters. The third-order valence-corrected chi connectivity index (χ3v) is 5.43. The normalized spacial score (nSPS) is 17.0. The van der Waals surface area contributed by atoms with Crippen LogP contribution in [0, 0.1) is 0 Å². The SMILES string of the molecule is CCCN1CCC(NC(=NC)NCCSc2ccc(Cl)cc2)CC1. The molecule has 24 heavy (non-hydrogen) atoms. The summed E-state index contributed by atoms with van der Waals surface area (Å²) in [6, 6.07) is 8.52. The summed E-state index contributed by atoms with van der Waals surface area (Å²) in [7, 11) is 1.84. The molecular weight excluding hydrogens is 340 g/mol. The number of piperidine rings is 1. The van der Waals surface area contributed by atoms with Gasteiger partial charge in [-0.15, -0.1) is 11.8 Å². The van der Waals surface area contributed by atoms with E-state index in [2.05, 4.69) is 39.6 Å². The summed E-state index contributed by atoms with van der Waals surface area (Å²) < 4.78 is 0. The van der Waals surface area contributed by atoms with E-state index in [1.807, 2.05) is 30.9 Å². The van der Waals surface area contributed by atoms with Gasteiger partial charge in [-0.1, -0.05) is 18.5 Å². The molecule has 0 bridgehead atoms. The monoisotopic (exact) mass is 368 g/mol. The van der Waals surface area contributed by atoms with Gasteiger partial charge in [0.15, 0.2) is 5.96 Å². The molecular formula is C18H29ClN4S. The van der Waals surface area contributed by atoms with Gasteiger partial charge in [-0.3, -0.25) is 4.99 Å². The molecule has 6 heteroatoms. The number of halogens is 1. The first-order valence-corrected chi connectivity index (χ1v) is 10.2. The average molecular weight is 369 g/mol. The van der Waals surface area contributed by atoms with Crippen molar-refractivity contribution in [1.82, 2.24) is 15.5 Å². The molecule has 0 aromatic heterocycles. The predicted octanol–water partition coefficient (Wildman–Crippen LogP) is 3.47. The molecule has 1 aliphatic rings. The summed E-state index contributed by atoms with van der Waals surface area (Å²) in [6.07, 6.45) is 3.63. The second-order valence-corrected chi connectivity index (χ2v) is 7.67. The van der Waals surface area contributed by atoms with E-state index < -0.39 is 0 Å². The standard InChI is InChI=1S/C18H29ClN4S/c1-3-11-23-12-8-16(9-13-23)22-18(20-2)21-10-14-24-17-6-4-15(19)5-7-17/h4-7,16H,3,8-14H2,1-2H3,(H2,20,21,22). The molecule has 4 nitrogen and oxygen atoms in total. The summed E-state index contributed by atoms with van der Waals surface area (Å²) >= 11 is 7.73. The van der Waals surface area contributed by atoms with E-state index in [-0.39, 0.29) is 0 Å². The number of rotatable bonds is 7. The maximum atomic E-state index is 5.90. The van der Waals surface area contributed by atoms with Crippen LogP contribution in [0.4, 0.5) is 0 Å². The summed E-state index contributed by atoms with van der Waals surface area (Å²) in [6.45, 7) is 6.74. The van der Waals surface area contributed by atoms with Crippen molar-refractivity contribution in [2.75, 3.05) is 39.0 Å². The fourth-order valence-electron chi connectivity index (χ4n) is 2.87. The highest BCUT2D eigenvalue weighted by molar-refractivity contribution is 7.99. The molecule has 2 N–H and O–H groups in total. The molecule has 1 fully saturated rings. The van der Waals surface area contributed by atoms with Gasteiger partial charge in [0.05, 0.1) is 0 Å². The van der Waals surface area contributed by atoms with Crippen LogP contribution >= 0.6 is 23.4 Å². The minimum atomic E-state index is 0.535. The van der Waals surface area contributed by atoms with E-state index in [0.29, 0.717) is 6.04 Å². The van der Waals surface area contributed by atoms with Gasteiger partial charge in [-0.2, -0.15) is 0 Å². The molecule has 0 saturated carbocycles. The zero-order valence-electron chi connectivity index (χ0n) is 14.7. The van der Waals surface area contributed by atoms with Crippen LogP contribution in [0.3, 0.4) is 0 Å². The number of aliphatic imine (C=N–C) groups is 1. The van der Waals surface area contributed by atoms with E-state index in [9.17, 15) is 0 Å². The summed E-state index contributed by atoms with van der Waals surface area (Å²) in [5.41, 5.74) is 0. The molecule has 1 saturated heterocycles.